The normalized spacial score (nSPS) is 10.2. The molecule has 0 radical (unpaired) electrons. The number of esters is 1. The molecule has 2 rings (SSSR count). The molecule has 0 spiro atoms. The van der Waals surface area contributed by atoms with E-state index in [9.17, 15) is 9.59 Å². The molecule has 2 aromatic carbocycles. The first-order chi connectivity index (χ1) is 12.0. The molecule has 0 atom stereocenters. The first-order valence-electron chi connectivity index (χ1n) is 7.52. The van der Waals surface area contributed by atoms with Gasteiger partial charge in [0.05, 0.1) is 19.1 Å². The summed E-state index contributed by atoms with van der Waals surface area (Å²) in [5, 5.41) is 3.52. The van der Waals surface area contributed by atoms with Crippen LogP contribution in [0, 0.1) is 0 Å². The summed E-state index contributed by atoms with van der Waals surface area (Å²) in [5.74, 6) is -0.313. The maximum Gasteiger partial charge on any atom is 0.307 e. The third kappa shape index (κ3) is 5.37. The summed E-state index contributed by atoms with van der Waals surface area (Å²) in [4.78, 5) is 23.9. The van der Waals surface area contributed by atoms with E-state index in [0.29, 0.717) is 26.9 Å². The molecule has 0 unspecified atom stereocenters. The van der Waals surface area contributed by atoms with Gasteiger partial charge in [-0.05, 0) is 24.3 Å². The summed E-state index contributed by atoms with van der Waals surface area (Å²) in [6.45, 7) is 0.129. The number of hydrogen-bond acceptors (Lipinski definition) is 4. The third-order valence-corrected chi connectivity index (χ3v) is 4.11. The molecule has 0 aliphatic heterocycles. The lowest BCUT2D eigenvalue weighted by molar-refractivity contribution is -0.144. The lowest BCUT2D eigenvalue weighted by Gasteiger charge is -2.10. The maximum absolute atomic E-state index is 12.1. The number of hydrogen-bond donors (Lipinski definition) is 1. The van der Waals surface area contributed by atoms with Gasteiger partial charge in [0.15, 0.2) is 0 Å². The van der Waals surface area contributed by atoms with Gasteiger partial charge in [-0.2, -0.15) is 0 Å². The Labute approximate surface area is 155 Å². The van der Waals surface area contributed by atoms with Crippen LogP contribution in [0.1, 0.15) is 22.3 Å². The molecule has 2 aromatic rings. The first kappa shape index (κ1) is 19.1. The lowest BCUT2D eigenvalue weighted by atomic mass is 10.2. The average molecular weight is 382 g/mol. The summed E-state index contributed by atoms with van der Waals surface area (Å²) >= 11 is 12.0. The van der Waals surface area contributed by atoms with E-state index < -0.39 is 5.97 Å². The van der Waals surface area contributed by atoms with Crippen molar-refractivity contribution >= 4 is 35.1 Å². The number of ether oxygens (including phenoxy) is 2. The van der Waals surface area contributed by atoms with Crippen LogP contribution in [-0.4, -0.2) is 25.5 Å². The van der Waals surface area contributed by atoms with Crippen molar-refractivity contribution in [3.05, 3.63) is 63.6 Å². The highest BCUT2D eigenvalue weighted by molar-refractivity contribution is 6.35. The van der Waals surface area contributed by atoms with E-state index in [1.807, 2.05) is 0 Å². The van der Waals surface area contributed by atoms with Crippen LogP contribution in [0.2, 0.25) is 10.0 Å². The van der Waals surface area contributed by atoms with Gasteiger partial charge >= 0.3 is 5.97 Å². The smallest absolute Gasteiger partial charge is 0.307 e. The van der Waals surface area contributed by atoms with Crippen LogP contribution in [0.25, 0.3) is 0 Å². The Hall–Kier alpha value is -2.24. The molecule has 0 aromatic heterocycles. The van der Waals surface area contributed by atoms with E-state index in [1.165, 1.54) is 7.11 Å². The molecule has 7 heteroatoms. The highest BCUT2D eigenvalue weighted by Crippen LogP contribution is 2.25. The molecule has 132 valence electrons. The van der Waals surface area contributed by atoms with Gasteiger partial charge in [0, 0.05) is 22.2 Å². The Morgan fingerprint density at radius 1 is 1.04 bits per heavy atom. The Kier molecular flexibility index (Phi) is 7.10. The van der Waals surface area contributed by atoms with Crippen molar-refractivity contribution in [2.45, 2.75) is 13.0 Å². The number of nitrogens with one attached hydrogen (secondary N) is 1. The zero-order valence-corrected chi connectivity index (χ0v) is 15.1. The predicted molar refractivity (Wildman–Crippen MR) is 96.2 cm³/mol. The largest absolute Gasteiger partial charge is 0.496 e. The van der Waals surface area contributed by atoms with E-state index in [-0.39, 0.29) is 25.5 Å². The number of halogens is 2. The van der Waals surface area contributed by atoms with E-state index in [1.54, 1.807) is 42.5 Å². The van der Waals surface area contributed by atoms with E-state index in [0.717, 1.165) is 0 Å². The number of carbonyl (C=O) groups is 2. The van der Waals surface area contributed by atoms with Crippen molar-refractivity contribution in [3.8, 4) is 5.75 Å². The predicted octanol–water partition coefficient (Wildman–Crippen LogP) is 3.87. The summed E-state index contributed by atoms with van der Waals surface area (Å²) in [6.07, 6.45) is 0.0307. The second-order valence-electron chi connectivity index (χ2n) is 5.07. The monoisotopic (exact) mass is 381 g/mol. The molecule has 25 heavy (non-hydrogen) atoms. The van der Waals surface area contributed by atoms with Crippen LogP contribution in [-0.2, 0) is 16.1 Å². The van der Waals surface area contributed by atoms with Crippen LogP contribution < -0.4 is 10.1 Å². The zero-order chi connectivity index (χ0) is 18.2. The van der Waals surface area contributed by atoms with Crippen LogP contribution in [0.4, 0.5) is 0 Å². The first-order valence-corrected chi connectivity index (χ1v) is 8.28. The third-order valence-electron chi connectivity index (χ3n) is 3.41. The summed E-state index contributed by atoms with van der Waals surface area (Å²) in [7, 11) is 1.49. The van der Waals surface area contributed by atoms with Crippen molar-refractivity contribution in [2.24, 2.45) is 0 Å². The highest BCUT2D eigenvalue weighted by atomic mass is 35.5. The van der Waals surface area contributed by atoms with E-state index in [4.69, 9.17) is 32.7 Å². The molecule has 1 amide bonds. The van der Waals surface area contributed by atoms with Crippen molar-refractivity contribution in [3.63, 3.8) is 0 Å². The quantitative estimate of drug-likeness (QED) is 0.739. The summed E-state index contributed by atoms with van der Waals surface area (Å²) in [5.41, 5.74) is 0.957. The van der Waals surface area contributed by atoms with Gasteiger partial charge in [0.2, 0.25) is 0 Å². The van der Waals surface area contributed by atoms with Crippen LogP contribution in [0.3, 0.4) is 0 Å². The Morgan fingerprint density at radius 3 is 2.40 bits per heavy atom. The molecule has 5 nitrogen and oxygen atoms in total. The van der Waals surface area contributed by atoms with Gasteiger partial charge in [-0.15, -0.1) is 0 Å². The van der Waals surface area contributed by atoms with Gasteiger partial charge in [-0.3, -0.25) is 9.59 Å². The fourth-order valence-electron chi connectivity index (χ4n) is 2.10. The van der Waals surface area contributed by atoms with Gasteiger partial charge in [0.25, 0.3) is 5.91 Å². The fraction of sp³-hybridized carbons (Fsp3) is 0.222. The molecule has 0 saturated carbocycles. The molecule has 0 bridgehead atoms. The minimum Gasteiger partial charge on any atom is -0.496 e. The molecule has 1 N–H and O–H groups in total. The van der Waals surface area contributed by atoms with Gasteiger partial charge in [-0.25, -0.2) is 0 Å². The number of methoxy groups -OCH3 is 1. The van der Waals surface area contributed by atoms with Crippen LogP contribution in [0.5, 0.6) is 5.75 Å². The molecular weight excluding hydrogens is 365 g/mol. The summed E-state index contributed by atoms with van der Waals surface area (Å²) in [6, 6.07) is 11.9. The lowest BCUT2D eigenvalue weighted by Crippen LogP contribution is -2.26. The van der Waals surface area contributed by atoms with Crippen molar-refractivity contribution in [2.75, 3.05) is 13.7 Å². The van der Waals surface area contributed by atoms with Crippen LogP contribution in [0.15, 0.2) is 42.5 Å². The Balaban J connectivity index is 1.80. The minimum atomic E-state index is -0.462. The van der Waals surface area contributed by atoms with E-state index in [2.05, 4.69) is 5.32 Å². The second-order valence-corrected chi connectivity index (χ2v) is 5.88. The molecule has 0 fully saturated rings. The number of carbonyl (C=O) groups excluding carboxylic acids is 2. The zero-order valence-electron chi connectivity index (χ0n) is 13.6. The summed E-state index contributed by atoms with van der Waals surface area (Å²) < 4.78 is 10.3. The van der Waals surface area contributed by atoms with Gasteiger partial charge in [-0.1, -0.05) is 41.4 Å². The second kappa shape index (κ2) is 9.30. The highest BCUT2D eigenvalue weighted by Gasteiger charge is 2.13. The molecule has 0 heterocycles. The number of rotatable bonds is 7. The average Bonchev–Trinajstić information content (AvgIpc) is 2.61. The van der Waals surface area contributed by atoms with Gasteiger partial charge < -0.3 is 14.8 Å². The minimum absolute atomic E-state index is 0.0161. The molecular formula is C18H17Cl2NO4. The van der Waals surface area contributed by atoms with Crippen molar-refractivity contribution < 1.29 is 19.1 Å². The molecule has 0 aliphatic carbocycles. The number of amides is 1. The topological polar surface area (TPSA) is 64.6 Å². The molecule has 0 aliphatic rings. The fourth-order valence-corrected chi connectivity index (χ4v) is 2.61. The Morgan fingerprint density at radius 2 is 1.72 bits per heavy atom. The number of benzene rings is 2. The SMILES string of the molecule is COc1ccccc1C(=O)NCCC(=O)OCc1c(Cl)cccc1Cl. The van der Waals surface area contributed by atoms with Crippen molar-refractivity contribution in [1.82, 2.24) is 5.32 Å². The van der Waals surface area contributed by atoms with Crippen LogP contribution >= 0.6 is 23.2 Å². The number of para-hydroxylation sites is 1. The maximum atomic E-state index is 12.1. The molecule has 0 saturated heterocycles. The Bertz CT molecular complexity index is 744. The van der Waals surface area contributed by atoms with Gasteiger partial charge in [0.1, 0.15) is 12.4 Å². The van der Waals surface area contributed by atoms with E-state index >= 15 is 0 Å². The van der Waals surface area contributed by atoms with Crippen molar-refractivity contribution in [1.29, 1.82) is 0 Å². The standard InChI is InChI=1S/C18H17Cl2NO4/c1-24-16-8-3-2-5-12(16)18(23)21-10-9-17(22)25-11-13-14(19)6-4-7-15(13)20/h2-8H,9-11H2,1H3,(H,21,23).